The Labute approximate surface area is 107 Å². The molecule has 2 heterocycles. The van der Waals surface area contributed by atoms with Gasteiger partial charge < -0.3 is 14.6 Å². The molecule has 2 aromatic rings. The molecule has 0 aliphatic heterocycles. The molecule has 5 heteroatoms. The van der Waals surface area contributed by atoms with Crippen LogP contribution in [0.5, 0.6) is 0 Å². The molecule has 5 nitrogen and oxygen atoms in total. The molecule has 0 radical (unpaired) electrons. The summed E-state index contributed by atoms with van der Waals surface area (Å²) in [5.74, 6) is 1.02. The number of aromatic nitrogens is 3. The number of nitrogens with one attached hydrogen (secondary N) is 1. The summed E-state index contributed by atoms with van der Waals surface area (Å²) in [4.78, 5) is 8.46. The molecule has 96 valence electrons. The molecule has 0 aliphatic rings. The van der Waals surface area contributed by atoms with E-state index in [2.05, 4.69) is 25.9 Å². The van der Waals surface area contributed by atoms with Crippen LogP contribution in [0.3, 0.4) is 0 Å². The molecule has 1 N–H and O–H groups in total. The number of hydrogen-bond acceptors (Lipinski definition) is 4. The van der Waals surface area contributed by atoms with Gasteiger partial charge in [0.25, 0.3) is 0 Å². The topological polar surface area (TPSA) is 52.0 Å². The summed E-state index contributed by atoms with van der Waals surface area (Å²) < 4.78 is 7.11. The van der Waals surface area contributed by atoms with Crippen molar-refractivity contribution in [2.24, 2.45) is 0 Å². The second kappa shape index (κ2) is 6.88. The molecule has 0 aromatic carbocycles. The third kappa shape index (κ3) is 3.65. The highest BCUT2D eigenvalue weighted by atomic mass is 16.5. The van der Waals surface area contributed by atoms with Crippen molar-refractivity contribution in [3.8, 4) is 0 Å². The SMILES string of the molecule is COCCNCc1nccn1Cc1cccnc1. The van der Waals surface area contributed by atoms with E-state index in [0.717, 1.165) is 25.5 Å². The summed E-state index contributed by atoms with van der Waals surface area (Å²) in [6, 6.07) is 4.01. The fraction of sp³-hybridized carbons (Fsp3) is 0.385. The van der Waals surface area contributed by atoms with E-state index in [9.17, 15) is 0 Å². The minimum Gasteiger partial charge on any atom is -0.383 e. The molecule has 0 fully saturated rings. The molecule has 0 saturated heterocycles. The van der Waals surface area contributed by atoms with E-state index < -0.39 is 0 Å². The van der Waals surface area contributed by atoms with Crippen molar-refractivity contribution in [1.29, 1.82) is 0 Å². The molecule has 2 aromatic heterocycles. The quantitative estimate of drug-likeness (QED) is 0.742. The average Bonchev–Trinajstić information content (AvgIpc) is 2.83. The molecule has 0 aliphatic carbocycles. The largest absolute Gasteiger partial charge is 0.383 e. The van der Waals surface area contributed by atoms with Gasteiger partial charge in [-0.05, 0) is 11.6 Å². The zero-order valence-electron chi connectivity index (χ0n) is 10.5. The first-order valence-electron chi connectivity index (χ1n) is 5.98. The van der Waals surface area contributed by atoms with Crippen LogP contribution < -0.4 is 5.32 Å². The number of pyridine rings is 1. The first-order chi connectivity index (χ1) is 8.90. The number of ether oxygens (including phenoxy) is 1. The maximum absolute atomic E-state index is 4.99. The Morgan fingerprint density at radius 1 is 1.39 bits per heavy atom. The molecular weight excluding hydrogens is 228 g/mol. The number of nitrogens with zero attached hydrogens (tertiary/aromatic N) is 3. The maximum Gasteiger partial charge on any atom is 0.122 e. The first-order valence-corrected chi connectivity index (χ1v) is 5.98. The normalized spacial score (nSPS) is 10.7. The highest BCUT2D eigenvalue weighted by molar-refractivity contribution is 5.10. The van der Waals surface area contributed by atoms with E-state index in [1.165, 1.54) is 5.56 Å². The van der Waals surface area contributed by atoms with Gasteiger partial charge in [-0.25, -0.2) is 4.98 Å². The molecule has 0 spiro atoms. The molecule has 0 bridgehead atoms. The second-order valence-corrected chi connectivity index (χ2v) is 4.00. The Morgan fingerprint density at radius 3 is 3.11 bits per heavy atom. The van der Waals surface area contributed by atoms with Crippen LogP contribution in [0.15, 0.2) is 36.9 Å². The van der Waals surface area contributed by atoms with Crippen LogP contribution >= 0.6 is 0 Å². The standard InChI is InChI=1S/C13H18N4O/c1-18-8-6-15-10-13-16-5-7-17(13)11-12-3-2-4-14-9-12/h2-5,7,9,15H,6,8,10-11H2,1H3. The smallest absolute Gasteiger partial charge is 0.122 e. The Hall–Kier alpha value is -1.72. The van der Waals surface area contributed by atoms with Crippen molar-refractivity contribution < 1.29 is 4.74 Å². The lowest BCUT2D eigenvalue weighted by atomic mass is 10.3. The minimum atomic E-state index is 0.712. The highest BCUT2D eigenvalue weighted by Gasteiger charge is 2.02. The number of imidazole rings is 1. The predicted molar refractivity (Wildman–Crippen MR) is 69.1 cm³/mol. The minimum absolute atomic E-state index is 0.712. The van der Waals surface area contributed by atoms with Gasteiger partial charge in [0.05, 0.1) is 19.7 Å². The van der Waals surface area contributed by atoms with Crippen molar-refractivity contribution in [2.75, 3.05) is 20.3 Å². The van der Waals surface area contributed by atoms with Gasteiger partial charge in [0, 0.05) is 38.4 Å². The van der Waals surface area contributed by atoms with Crippen LogP contribution in [-0.4, -0.2) is 34.8 Å². The monoisotopic (exact) mass is 246 g/mol. The Bertz CT molecular complexity index is 455. The van der Waals surface area contributed by atoms with Gasteiger partial charge in [0.15, 0.2) is 0 Å². The van der Waals surface area contributed by atoms with Gasteiger partial charge in [-0.1, -0.05) is 6.07 Å². The van der Waals surface area contributed by atoms with Crippen molar-refractivity contribution in [2.45, 2.75) is 13.1 Å². The van der Waals surface area contributed by atoms with Crippen LogP contribution in [0.1, 0.15) is 11.4 Å². The lowest BCUT2D eigenvalue weighted by molar-refractivity contribution is 0.199. The molecule has 0 amide bonds. The first kappa shape index (κ1) is 12.7. The van der Waals surface area contributed by atoms with Crippen molar-refractivity contribution in [3.05, 3.63) is 48.3 Å². The van der Waals surface area contributed by atoms with Crippen molar-refractivity contribution in [1.82, 2.24) is 19.9 Å². The van der Waals surface area contributed by atoms with E-state index >= 15 is 0 Å². The van der Waals surface area contributed by atoms with Crippen molar-refractivity contribution in [3.63, 3.8) is 0 Å². The van der Waals surface area contributed by atoms with Crippen LogP contribution in [0.4, 0.5) is 0 Å². The predicted octanol–water partition coefficient (Wildman–Crippen LogP) is 1.06. The van der Waals surface area contributed by atoms with E-state index in [1.54, 1.807) is 13.3 Å². The fourth-order valence-electron chi connectivity index (χ4n) is 1.71. The lowest BCUT2D eigenvalue weighted by Crippen LogP contribution is -2.21. The molecule has 0 saturated carbocycles. The van der Waals surface area contributed by atoms with Gasteiger partial charge in [-0.3, -0.25) is 4.98 Å². The zero-order valence-corrected chi connectivity index (χ0v) is 10.5. The lowest BCUT2D eigenvalue weighted by Gasteiger charge is -2.08. The summed E-state index contributed by atoms with van der Waals surface area (Å²) in [5.41, 5.74) is 1.17. The summed E-state index contributed by atoms with van der Waals surface area (Å²) in [6.45, 7) is 3.09. The van der Waals surface area contributed by atoms with Crippen LogP contribution in [0, 0.1) is 0 Å². The highest BCUT2D eigenvalue weighted by Crippen LogP contribution is 2.04. The number of methoxy groups -OCH3 is 1. The van der Waals surface area contributed by atoms with Gasteiger partial charge in [-0.2, -0.15) is 0 Å². The van der Waals surface area contributed by atoms with E-state index in [-0.39, 0.29) is 0 Å². The van der Waals surface area contributed by atoms with Gasteiger partial charge >= 0.3 is 0 Å². The summed E-state index contributed by atoms with van der Waals surface area (Å²) in [5, 5.41) is 3.29. The second-order valence-electron chi connectivity index (χ2n) is 4.00. The van der Waals surface area contributed by atoms with E-state index in [1.807, 2.05) is 24.7 Å². The Balaban J connectivity index is 1.91. The summed E-state index contributed by atoms with van der Waals surface area (Å²) in [6.07, 6.45) is 7.47. The molecule has 18 heavy (non-hydrogen) atoms. The van der Waals surface area contributed by atoms with Crippen molar-refractivity contribution >= 4 is 0 Å². The van der Waals surface area contributed by atoms with Gasteiger partial charge in [0.2, 0.25) is 0 Å². The third-order valence-electron chi connectivity index (χ3n) is 2.64. The summed E-state index contributed by atoms with van der Waals surface area (Å²) >= 11 is 0. The van der Waals surface area contributed by atoms with E-state index in [0.29, 0.717) is 6.61 Å². The van der Waals surface area contributed by atoms with Gasteiger partial charge in [0.1, 0.15) is 5.82 Å². The maximum atomic E-state index is 4.99. The zero-order chi connectivity index (χ0) is 12.6. The Kier molecular flexibility index (Phi) is 4.87. The number of hydrogen-bond donors (Lipinski definition) is 1. The third-order valence-corrected chi connectivity index (χ3v) is 2.64. The molecule has 0 atom stereocenters. The van der Waals surface area contributed by atoms with Crippen LogP contribution in [0.2, 0.25) is 0 Å². The molecule has 2 rings (SSSR count). The van der Waals surface area contributed by atoms with E-state index in [4.69, 9.17) is 4.74 Å². The molecular formula is C13H18N4O. The van der Waals surface area contributed by atoms with Crippen LogP contribution in [-0.2, 0) is 17.8 Å². The number of rotatable bonds is 7. The average molecular weight is 246 g/mol. The van der Waals surface area contributed by atoms with Gasteiger partial charge in [-0.15, -0.1) is 0 Å². The summed E-state index contributed by atoms with van der Waals surface area (Å²) in [7, 11) is 1.70. The molecule has 0 unspecified atom stereocenters. The van der Waals surface area contributed by atoms with Crippen LogP contribution in [0.25, 0.3) is 0 Å². The Morgan fingerprint density at radius 2 is 2.33 bits per heavy atom. The fourth-order valence-corrected chi connectivity index (χ4v) is 1.71.